The summed E-state index contributed by atoms with van der Waals surface area (Å²) < 4.78 is 7.50. The molecule has 0 unspecified atom stereocenters. The number of methoxy groups -OCH3 is 1. The number of benzene rings is 2. The minimum atomic E-state index is 0.539. The summed E-state index contributed by atoms with van der Waals surface area (Å²) in [5.74, 6) is 1.83. The second-order valence-corrected chi connectivity index (χ2v) is 6.79. The van der Waals surface area contributed by atoms with Crippen LogP contribution in [0.1, 0.15) is 5.56 Å². The molecule has 0 saturated heterocycles. The van der Waals surface area contributed by atoms with E-state index < -0.39 is 0 Å². The fraction of sp³-hybridized carbons (Fsp3) is 0.238. The van der Waals surface area contributed by atoms with Crippen molar-refractivity contribution in [2.75, 3.05) is 36.9 Å². The van der Waals surface area contributed by atoms with E-state index in [2.05, 4.69) is 14.9 Å². The van der Waals surface area contributed by atoms with Gasteiger partial charge in [-0.05, 0) is 36.4 Å². The lowest BCUT2D eigenvalue weighted by molar-refractivity contribution is 0.414. The Kier molecular flexibility index (Phi) is 7.34. The highest BCUT2D eigenvalue weighted by Crippen LogP contribution is 2.26. The van der Waals surface area contributed by atoms with Gasteiger partial charge in [0.15, 0.2) is 0 Å². The minimum Gasteiger partial charge on any atom is -0.496 e. The van der Waals surface area contributed by atoms with Gasteiger partial charge < -0.3 is 14.2 Å². The van der Waals surface area contributed by atoms with Crippen LogP contribution in [0, 0.1) is 0 Å². The summed E-state index contributed by atoms with van der Waals surface area (Å²) in [6.07, 6.45) is 7.23. The van der Waals surface area contributed by atoms with Crippen LogP contribution in [0.2, 0.25) is 0 Å². The van der Waals surface area contributed by atoms with Crippen LogP contribution < -0.4 is 9.64 Å². The van der Waals surface area contributed by atoms with Crippen LogP contribution in [0.15, 0.2) is 66.2 Å². The lowest BCUT2D eigenvalue weighted by atomic mass is 10.1. The van der Waals surface area contributed by atoms with Crippen molar-refractivity contribution in [2.24, 2.45) is 4.99 Å². The van der Waals surface area contributed by atoms with Crippen LogP contribution in [-0.4, -0.2) is 47.7 Å². The van der Waals surface area contributed by atoms with Gasteiger partial charge in [0.05, 0.1) is 19.1 Å². The van der Waals surface area contributed by atoms with Crippen molar-refractivity contribution in [1.82, 2.24) is 9.55 Å². The third kappa shape index (κ3) is 5.06. The number of hydrogen-bond donors (Lipinski definition) is 0. The molecule has 5 nitrogen and oxygen atoms in total. The molecular formula is C21H22Cl2N4O. The summed E-state index contributed by atoms with van der Waals surface area (Å²) in [7, 11) is 1.66. The minimum absolute atomic E-state index is 0.539. The van der Waals surface area contributed by atoms with Crippen molar-refractivity contribution in [3.8, 4) is 11.4 Å². The molecule has 1 heterocycles. The van der Waals surface area contributed by atoms with Gasteiger partial charge in [-0.1, -0.05) is 0 Å². The van der Waals surface area contributed by atoms with E-state index in [0.29, 0.717) is 11.8 Å². The number of rotatable bonds is 9. The van der Waals surface area contributed by atoms with E-state index in [9.17, 15) is 0 Å². The fourth-order valence-electron chi connectivity index (χ4n) is 2.84. The molecule has 3 aromatic rings. The molecule has 3 rings (SSSR count). The topological polar surface area (TPSA) is 42.6 Å². The maximum atomic E-state index is 5.91. The highest BCUT2D eigenvalue weighted by molar-refractivity contribution is 6.18. The molecule has 0 saturated carbocycles. The van der Waals surface area contributed by atoms with Gasteiger partial charge in [-0.15, -0.1) is 23.2 Å². The summed E-state index contributed by atoms with van der Waals surface area (Å²) in [4.78, 5) is 10.8. The third-order valence-corrected chi connectivity index (χ3v) is 4.63. The number of halogens is 2. The maximum absolute atomic E-state index is 5.91. The second-order valence-electron chi connectivity index (χ2n) is 6.04. The van der Waals surface area contributed by atoms with Crippen LogP contribution in [-0.2, 0) is 0 Å². The normalized spacial score (nSPS) is 11.1. The molecular weight excluding hydrogens is 395 g/mol. The number of anilines is 1. The first-order valence-corrected chi connectivity index (χ1v) is 9.99. The number of aliphatic imine (C=N–C) groups is 1. The molecule has 0 bridgehead atoms. The predicted octanol–water partition coefficient (Wildman–Crippen LogP) is 4.92. The quantitative estimate of drug-likeness (QED) is 0.367. The van der Waals surface area contributed by atoms with Crippen molar-refractivity contribution < 1.29 is 4.74 Å². The second kappa shape index (κ2) is 10.2. The van der Waals surface area contributed by atoms with Crippen molar-refractivity contribution in [3.63, 3.8) is 0 Å². The molecule has 1 aromatic heterocycles. The van der Waals surface area contributed by atoms with Crippen LogP contribution in [0.3, 0.4) is 0 Å². The molecule has 0 spiro atoms. The Hall–Kier alpha value is -2.50. The highest BCUT2D eigenvalue weighted by atomic mass is 35.5. The van der Waals surface area contributed by atoms with Gasteiger partial charge in [0.2, 0.25) is 0 Å². The van der Waals surface area contributed by atoms with Gasteiger partial charge in [0, 0.05) is 66.5 Å². The van der Waals surface area contributed by atoms with Crippen LogP contribution >= 0.6 is 23.2 Å². The zero-order valence-electron chi connectivity index (χ0n) is 15.6. The van der Waals surface area contributed by atoms with Gasteiger partial charge >= 0.3 is 0 Å². The SMILES string of the molecule is COc1cc(N(CCCl)CCCl)ccc1C=Nc1ccc(-n2ccnc2)cc1. The summed E-state index contributed by atoms with van der Waals surface area (Å²) in [5.41, 5.74) is 3.83. The molecule has 7 heteroatoms. The summed E-state index contributed by atoms with van der Waals surface area (Å²) >= 11 is 11.8. The Bertz CT molecular complexity index is 889. The van der Waals surface area contributed by atoms with E-state index >= 15 is 0 Å². The molecule has 0 aliphatic heterocycles. The first kappa shape index (κ1) is 20.2. The Labute approximate surface area is 175 Å². The lowest BCUT2D eigenvalue weighted by Gasteiger charge is -2.23. The third-order valence-electron chi connectivity index (χ3n) is 4.30. The number of imidazole rings is 1. The monoisotopic (exact) mass is 416 g/mol. The first-order valence-electron chi connectivity index (χ1n) is 8.92. The Morgan fingerprint density at radius 3 is 2.46 bits per heavy atom. The first-order chi connectivity index (χ1) is 13.7. The summed E-state index contributed by atoms with van der Waals surface area (Å²) in [6, 6.07) is 14.0. The average Bonchev–Trinajstić information content (AvgIpc) is 3.27. The van der Waals surface area contributed by atoms with E-state index in [1.165, 1.54) is 0 Å². The molecule has 0 atom stereocenters. The molecule has 2 aromatic carbocycles. The maximum Gasteiger partial charge on any atom is 0.129 e. The van der Waals surface area contributed by atoms with Crippen molar-refractivity contribution in [2.45, 2.75) is 0 Å². The zero-order valence-corrected chi connectivity index (χ0v) is 17.1. The zero-order chi connectivity index (χ0) is 19.8. The number of ether oxygens (including phenoxy) is 1. The summed E-state index contributed by atoms with van der Waals surface area (Å²) in [6.45, 7) is 1.46. The van der Waals surface area contributed by atoms with Gasteiger partial charge in [-0.25, -0.2) is 4.98 Å². The standard InChI is InChI=1S/C21H22Cl2N4O/c1-28-21-14-20(26(11-8-22)12-9-23)5-2-17(21)15-25-18-3-6-19(7-4-18)27-13-10-24-16-27/h2-7,10,13-16H,8-9,11-12H2,1H3. The predicted molar refractivity (Wildman–Crippen MR) is 117 cm³/mol. The number of hydrogen-bond acceptors (Lipinski definition) is 4. The largest absolute Gasteiger partial charge is 0.496 e. The van der Waals surface area contributed by atoms with E-state index in [4.69, 9.17) is 27.9 Å². The number of aromatic nitrogens is 2. The van der Waals surface area contributed by atoms with Gasteiger partial charge in [0.1, 0.15) is 5.75 Å². The van der Waals surface area contributed by atoms with Crippen LogP contribution in [0.25, 0.3) is 5.69 Å². The van der Waals surface area contributed by atoms with Gasteiger partial charge in [-0.3, -0.25) is 4.99 Å². The molecule has 0 N–H and O–H groups in total. The van der Waals surface area contributed by atoms with E-state index in [0.717, 1.165) is 41.5 Å². The van der Waals surface area contributed by atoms with Crippen LogP contribution in [0.5, 0.6) is 5.75 Å². The lowest BCUT2D eigenvalue weighted by Crippen LogP contribution is -2.27. The Morgan fingerprint density at radius 2 is 1.86 bits per heavy atom. The van der Waals surface area contributed by atoms with Gasteiger partial charge in [-0.2, -0.15) is 0 Å². The molecule has 0 amide bonds. The highest BCUT2D eigenvalue weighted by Gasteiger charge is 2.09. The van der Waals surface area contributed by atoms with E-state index in [1.807, 2.05) is 59.4 Å². The molecule has 0 aliphatic rings. The Morgan fingerprint density at radius 1 is 1.11 bits per heavy atom. The van der Waals surface area contributed by atoms with Crippen molar-refractivity contribution >= 4 is 40.8 Å². The number of alkyl halides is 2. The van der Waals surface area contributed by atoms with Crippen molar-refractivity contribution in [3.05, 3.63) is 66.7 Å². The molecule has 146 valence electrons. The summed E-state index contributed by atoms with van der Waals surface area (Å²) in [5, 5.41) is 0. The average molecular weight is 417 g/mol. The molecule has 28 heavy (non-hydrogen) atoms. The van der Waals surface area contributed by atoms with Crippen molar-refractivity contribution in [1.29, 1.82) is 0 Å². The van der Waals surface area contributed by atoms with Gasteiger partial charge in [0.25, 0.3) is 0 Å². The van der Waals surface area contributed by atoms with E-state index in [1.54, 1.807) is 19.6 Å². The van der Waals surface area contributed by atoms with Crippen LogP contribution in [0.4, 0.5) is 11.4 Å². The molecule has 0 aliphatic carbocycles. The Balaban J connectivity index is 1.77. The number of nitrogens with zero attached hydrogens (tertiary/aromatic N) is 4. The molecule has 0 radical (unpaired) electrons. The van der Waals surface area contributed by atoms with E-state index in [-0.39, 0.29) is 0 Å². The fourth-order valence-corrected chi connectivity index (χ4v) is 3.25. The molecule has 0 fully saturated rings. The smallest absolute Gasteiger partial charge is 0.129 e.